The summed E-state index contributed by atoms with van der Waals surface area (Å²) in [5.74, 6) is 0. The summed E-state index contributed by atoms with van der Waals surface area (Å²) in [7, 11) is 0. The lowest BCUT2D eigenvalue weighted by molar-refractivity contribution is 0.0783. The molecule has 0 bridgehead atoms. The van der Waals surface area contributed by atoms with Gasteiger partial charge in [-0.3, -0.25) is 0 Å². The van der Waals surface area contributed by atoms with E-state index in [1.54, 1.807) is 6.20 Å². The molecule has 0 saturated heterocycles. The van der Waals surface area contributed by atoms with Gasteiger partial charge in [0.15, 0.2) is 0 Å². The third kappa shape index (κ3) is 6.24. The first-order valence-corrected chi connectivity index (χ1v) is 8.87. The van der Waals surface area contributed by atoms with Crippen molar-refractivity contribution in [2.75, 3.05) is 6.61 Å². The van der Waals surface area contributed by atoms with Gasteiger partial charge >= 0.3 is 0 Å². The van der Waals surface area contributed by atoms with E-state index in [9.17, 15) is 0 Å². The molecule has 0 spiro atoms. The Bertz CT molecular complexity index is 638. The second-order valence-electron chi connectivity index (χ2n) is 6.54. The van der Waals surface area contributed by atoms with Gasteiger partial charge in [0.1, 0.15) is 6.10 Å². The molecule has 0 radical (unpaired) electrons. The van der Waals surface area contributed by atoms with Crippen LogP contribution in [0.15, 0.2) is 73.1 Å². The van der Waals surface area contributed by atoms with E-state index in [1.807, 2.05) is 6.20 Å². The van der Waals surface area contributed by atoms with Gasteiger partial charge in [0.25, 0.3) is 0 Å². The highest BCUT2D eigenvalue weighted by molar-refractivity contribution is 5.33. The first-order valence-electron chi connectivity index (χ1n) is 8.87. The molecular formula is C23H29NO. The Kier molecular flexibility index (Phi) is 7.49. The van der Waals surface area contributed by atoms with Crippen LogP contribution in [-0.4, -0.2) is 6.61 Å². The summed E-state index contributed by atoms with van der Waals surface area (Å²) in [5, 5.41) is 3.02. The second-order valence-corrected chi connectivity index (χ2v) is 6.54. The molecule has 0 heterocycles. The average molecular weight is 335 g/mol. The molecule has 0 amide bonds. The summed E-state index contributed by atoms with van der Waals surface area (Å²) in [6.07, 6.45) is 5.66. The van der Waals surface area contributed by atoms with E-state index >= 15 is 0 Å². The molecule has 2 aromatic carbocycles. The van der Waals surface area contributed by atoms with Crippen LogP contribution < -0.4 is 5.32 Å². The summed E-state index contributed by atoms with van der Waals surface area (Å²) in [4.78, 5) is 0. The van der Waals surface area contributed by atoms with E-state index in [1.165, 1.54) is 27.8 Å². The molecule has 2 rings (SSSR count). The maximum atomic E-state index is 6.28. The van der Waals surface area contributed by atoms with Crippen molar-refractivity contribution >= 4 is 0 Å². The van der Waals surface area contributed by atoms with Crippen molar-refractivity contribution in [3.8, 4) is 0 Å². The molecule has 2 nitrogen and oxygen atoms in total. The lowest BCUT2D eigenvalue weighted by atomic mass is 9.99. The SMILES string of the molecule is C=CN/C=C(\C)CCCOC(c1ccc(C)cc1)c1ccc(C)cc1. The Morgan fingerprint density at radius 2 is 1.52 bits per heavy atom. The first-order chi connectivity index (χ1) is 12.1. The van der Waals surface area contributed by atoms with Crippen molar-refractivity contribution in [3.05, 3.63) is 95.3 Å². The van der Waals surface area contributed by atoms with Crippen LogP contribution in [0.5, 0.6) is 0 Å². The monoisotopic (exact) mass is 335 g/mol. The van der Waals surface area contributed by atoms with Crippen molar-refractivity contribution in [2.45, 2.75) is 39.7 Å². The molecule has 132 valence electrons. The lowest BCUT2D eigenvalue weighted by Gasteiger charge is -2.19. The summed E-state index contributed by atoms with van der Waals surface area (Å²) in [5.41, 5.74) is 6.24. The van der Waals surface area contributed by atoms with E-state index in [0.29, 0.717) is 0 Å². The van der Waals surface area contributed by atoms with E-state index in [4.69, 9.17) is 4.74 Å². The molecule has 0 aliphatic rings. The van der Waals surface area contributed by atoms with Crippen molar-refractivity contribution < 1.29 is 4.74 Å². The molecule has 0 saturated carbocycles. The number of ether oxygens (including phenoxy) is 1. The van der Waals surface area contributed by atoms with Crippen LogP contribution in [-0.2, 0) is 4.74 Å². The van der Waals surface area contributed by atoms with E-state index in [2.05, 4.69) is 81.2 Å². The third-order valence-electron chi connectivity index (χ3n) is 4.21. The van der Waals surface area contributed by atoms with Crippen LogP contribution in [0.25, 0.3) is 0 Å². The number of rotatable bonds is 9. The fourth-order valence-corrected chi connectivity index (χ4v) is 2.69. The molecule has 2 heteroatoms. The fraction of sp³-hybridized carbons (Fsp3) is 0.304. The van der Waals surface area contributed by atoms with Crippen LogP contribution in [0.3, 0.4) is 0 Å². The minimum atomic E-state index is -0.0169. The summed E-state index contributed by atoms with van der Waals surface area (Å²) >= 11 is 0. The number of nitrogens with one attached hydrogen (secondary N) is 1. The highest BCUT2D eigenvalue weighted by atomic mass is 16.5. The highest BCUT2D eigenvalue weighted by Crippen LogP contribution is 2.27. The van der Waals surface area contributed by atoms with Crippen molar-refractivity contribution in [2.24, 2.45) is 0 Å². The van der Waals surface area contributed by atoms with Gasteiger partial charge in [-0.2, -0.15) is 0 Å². The molecule has 0 aromatic heterocycles. The molecular weight excluding hydrogens is 306 g/mol. The Labute approximate surface area is 152 Å². The zero-order valence-corrected chi connectivity index (χ0v) is 15.6. The highest BCUT2D eigenvalue weighted by Gasteiger charge is 2.14. The molecule has 25 heavy (non-hydrogen) atoms. The summed E-state index contributed by atoms with van der Waals surface area (Å²) < 4.78 is 6.28. The predicted molar refractivity (Wildman–Crippen MR) is 106 cm³/mol. The van der Waals surface area contributed by atoms with Gasteiger partial charge in [0, 0.05) is 6.61 Å². The van der Waals surface area contributed by atoms with Gasteiger partial charge in [-0.15, -0.1) is 0 Å². The fourth-order valence-electron chi connectivity index (χ4n) is 2.69. The van der Waals surface area contributed by atoms with Gasteiger partial charge in [0.2, 0.25) is 0 Å². The smallest absolute Gasteiger partial charge is 0.108 e. The van der Waals surface area contributed by atoms with Crippen LogP contribution in [0.1, 0.15) is 48.1 Å². The largest absolute Gasteiger partial charge is 0.369 e. The Morgan fingerprint density at radius 3 is 2.00 bits per heavy atom. The predicted octanol–water partition coefficient (Wildman–Crippen LogP) is 5.83. The van der Waals surface area contributed by atoms with Gasteiger partial charge in [0.05, 0.1) is 0 Å². The third-order valence-corrected chi connectivity index (χ3v) is 4.21. The van der Waals surface area contributed by atoms with Crippen molar-refractivity contribution in [1.82, 2.24) is 5.32 Å². The zero-order valence-electron chi connectivity index (χ0n) is 15.6. The standard InChI is InChI=1S/C23H29NO/c1-5-24-17-20(4)7-6-16-25-23(21-12-8-18(2)9-13-21)22-14-10-19(3)11-15-22/h5,8-15,17,23-24H,1,6-7,16H2,2-4H3/b20-17+. The molecule has 2 aromatic rings. The lowest BCUT2D eigenvalue weighted by Crippen LogP contribution is -2.08. The molecule has 0 atom stereocenters. The Balaban J connectivity index is 2.03. The molecule has 0 unspecified atom stereocenters. The van der Waals surface area contributed by atoms with Gasteiger partial charge in [-0.1, -0.05) is 71.8 Å². The number of allylic oxidation sites excluding steroid dienone is 1. The molecule has 0 aliphatic carbocycles. The Hall–Kier alpha value is -2.32. The van der Waals surface area contributed by atoms with Crippen LogP contribution in [0, 0.1) is 13.8 Å². The summed E-state index contributed by atoms with van der Waals surface area (Å²) in [6, 6.07) is 17.2. The quantitative estimate of drug-likeness (QED) is 0.582. The average Bonchev–Trinajstić information content (AvgIpc) is 2.62. The topological polar surface area (TPSA) is 21.3 Å². The minimum Gasteiger partial charge on any atom is -0.369 e. The number of hydrogen-bond donors (Lipinski definition) is 1. The zero-order chi connectivity index (χ0) is 18.1. The van der Waals surface area contributed by atoms with E-state index in [-0.39, 0.29) is 6.10 Å². The minimum absolute atomic E-state index is 0.0169. The number of aryl methyl sites for hydroxylation is 2. The maximum Gasteiger partial charge on any atom is 0.108 e. The van der Waals surface area contributed by atoms with Gasteiger partial charge < -0.3 is 10.1 Å². The normalized spacial score (nSPS) is 11.6. The van der Waals surface area contributed by atoms with Crippen molar-refractivity contribution in [3.63, 3.8) is 0 Å². The van der Waals surface area contributed by atoms with Gasteiger partial charge in [-0.25, -0.2) is 0 Å². The van der Waals surface area contributed by atoms with E-state index in [0.717, 1.165) is 19.4 Å². The van der Waals surface area contributed by atoms with E-state index < -0.39 is 0 Å². The maximum absolute atomic E-state index is 6.28. The molecule has 0 fully saturated rings. The summed E-state index contributed by atoms with van der Waals surface area (Å²) in [6.45, 7) is 10.7. The van der Waals surface area contributed by atoms with Crippen molar-refractivity contribution in [1.29, 1.82) is 0 Å². The van der Waals surface area contributed by atoms with Gasteiger partial charge in [-0.05, 0) is 57.1 Å². The Morgan fingerprint density at radius 1 is 1.00 bits per heavy atom. The van der Waals surface area contributed by atoms with Crippen LogP contribution in [0.4, 0.5) is 0 Å². The number of benzene rings is 2. The second kappa shape index (κ2) is 9.85. The molecule has 0 aliphatic heterocycles. The first kappa shape index (κ1) is 19.0. The van der Waals surface area contributed by atoms with Crippen LogP contribution >= 0.6 is 0 Å². The molecule has 1 N–H and O–H groups in total. The number of hydrogen-bond acceptors (Lipinski definition) is 2. The van der Waals surface area contributed by atoms with Crippen LogP contribution in [0.2, 0.25) is 0 Å².